The van der Waals surface area contributed by atoms with Crippen LogP contribution in [0.4, 0.5) is 0 Å². The first kappa shape index (κ1) is 17.4. The Balaban J connectivity index is 2.22. The minimum atomic E-state index is -0.142. The average molecular weight is 329 g/mol. The molecule has 0 amide bonds. The van der Waals surface area contributed by atoms with Crippen LogP contribution in [0.5, 0.6) is 0 Å². The third-order valence-electron chi connectivity index (χ3n) is 5.04. The molecule has 1 atom stereocenters. The summed E-state index contributed by atoms with van der Waals surface area (Å²) in [7, 11) is 0. The van der Waals surface area contributed by atoms with Crippen molar-refractivity contribution in [3.63, 3.8) is 0 Å². The summed E-state index contributed by atoms with van der Waals surface area (Å²) in [5, 5.41) is 0. The molecule has 128 valence electrons. The van der Waals surface area contributed by atoms with Gasteiger partial charge >= 0.3 is 0 Å². The maximum absolute atomic E-state index is 6.04. The molecule has 3 aromatic rings. The molecule has 1 nitrogen and oxygen atoms in total. The second-order valence-electron chi connectivity index (χ2n) is 6.87. The molecule has 0 aromatic heterocycles. The van der Waals surface area contributed by atoms with Crippen LogP contribution in [-0.2, 0) is 11.8 Å². The molecule has 0 spiro atoms. The van der Waals surface area contributed by atoms with Crippen molar-refractivity contribution < 1.29 is 0 Å². The van der Waals surface area contributed by atoms with Gasteiger partial charge in [0, 0.05) is 11.5 Å². The van der Waals surface area contributed by atoms with Gasteiger partial charge in [0.25, 0.3) is 0 Å². The van der Waals surface area contributed by atoms with Crippen LogP contribution >= 0.6 is 0 Å². The van der Waals surface area contributed by atoms with Crippen molar-refractivity contribution in [2.24, 2.45) is 5.73 Å². The van der Waals surface area contributed by atoms with E-state index in [-0.39, 0.29) is 11.5 Å². The van der Waals surface area contributed by atoms with Gasteiger partial charge in [-0.2, -0.15) is 0 Å². The highest BCUT2D eigenvalue weighted by Gasteiger charge is 2.34. The monoisotopic (exact) mass is 329 g/mol. The SMILES string of the molecule is CCC(c1ccccc1)(c1ccccc1)c1cccc(CC(C)N)c1. The van der Waals surface area contributed by atoms with E-state index in [0.29, 0.717) is 0 Å². The van der Waals surface area contributed by atoms with E-state index in [2.05, 4.69) is 98.8 Å². The number of hydrogen-bond acceptors (Lipinski definition) is 1. The molecule has 0 fully saturated rings. The van der Waals surface area contributed by atoms with Crippen molar-refractivity contribution in [3.05, 3.63) is 107 Å². The van der Waals surface area contributed by atoms with Gasteiger partial charge in [-0.3, -0.25) is 0 Å². The first-order valence-electron chi connectivity index (χ1n) is 9.13. The minimum Gasteiger partial charge on any atom is -0.328 e. The molecule has 3 rings (SSSR count). The highest BCUT2D eigenvalue weighted by molar-refractivity contribution is 5.51. The Bertz CT molecular complexity index is 751. The van der Waals surface area contributed by atoms with Crippen LogP contribution in [-0.4, -0.2) is 6.04 Å². The van der Waals surface area contributed by atoms with Crippen LogP contribution in [0.25, 0.3) is 0 Å². The lowest BCUT2D eigenvalue weighted by molar-refractivity contribution is 0.592. The van der Waals surface area contributed by atoms with Crippen molar-refractivity contribution >= 4 is 0 Å². The van der Waals surface area contributed by atoms with E-state index in [1.807, 2.05) is 0 Å². The van der Waals surface area contributed by atoms with Gasteiger partial charge in [-0.05, 0) is 42.0 Å². The Labute approximate surface area is 151 Å². The molecule has 25 heavy (non-hydrogen) atoms. The fourth-order valence-electron chi connectivity index (χ4n) is 3.89. The zero-order valence-corrected chi connectivity index (χ0v) is 15.2. The van der Waals surface area contributed by atoms with Gasteiger partial charge in [0.05, 0.1) is 0 Å². The van der Waals surface area contributed by atoms with Gasteiger partial charge in [-0.25, -0.2) is 0 Å². The standard InChI is InChI=1S/C24H27N/c1-3-24(21-12-6-4-7-13-21,22-14-8-5-9-15-22)23-16-10-11-20(18-23)17-19(2)25/h4-16,18-19H,3,17,25H2,1-2H3. The molecule has 0 aliphatic rings. The predicted molar refractivity (Wildman–Crippen MR) is 107 cm³/mol. The summed E-state index contributed by atoms with van der Waals surface area (Å²) in [5.41, 5.74) is 11.2. The fraction of sp³-hybridized carbons (Fsp3) is 0.250. The maximum atomic E-state index is 6.04. The Morgan fingerprint density at radius 1 is 0.760 bits per heavy atom. The van der Waals surface area contributed by atoms with E-state index in [4.69, 9.17) is 5.73 Å². The average Bonchev–Trinajstić information content (AvgIpc) is 2.64. The van der Waals surface area contributed by atoms with Crippen LogP contribution in [0.1, 0.15) is 42.5 Å². The van der Waals surface area contributed by atoms with E-state index in [1.165, 1.54) is 22.3 Å². The molecule has 3 aromatic carbocycles. The summed E-state index contributed by atoms with van der Waals surface area (Å²) < 4.78 is 0. The van der Waals surface area contributed by atoms with Crippen LogP contribution in [0.3, 0.4) is 0 Å². The highest BCUT2D eigenvalue weighted by atomic mass is 14.6. The van der Waals surface area contributed by atoms with Crippen LogP contribution in [0, 0.1) is 0 Å². The molecular formula is C24H27N. The lowest BCUT2D eigenvalue weighted by Gasteiger charge is -2.35. The molecular weight excluding hydrogens is 302 g/mol. The summed E-state index contributed by atoms with van der Waals surface area (Å²) >= 11 is 0. The summed E-state index contributed by atoms with van der Waals surface area (Å²) in [6, 6.07) is 30.8. The number of nitrogens with two attached hydrogens (primary N) is 1. The van der Waals surface area contributed by atoms with Gasteiger partial charge in [-0.15, -0.1) is 0 Å². The molecule has 0 radical (unpaired) electrons. The van der Waals surface area contributed by atoms with Crippen molar-refractivity contribution in [1.82, 2.24) is 0 Å². The Hall–Kier alpha value is -2.38. The highest BCUT2D eigenvalue weighted by Crippen LogP contribution is 2.42. The third kappa shape index (κ3) is 3.52. The van der Waals surface area contributed by atoms with Crippen molar-refractivity contribution in [2.75, 3.05) is 0 Å². The van der Waals surface area contributed by atoms with Crippen LogP contribution in [0.2, 0.25) is 0 Å². The molecule has 1 unspecified atom stereocenters. The summed E-state index contributed by atoms with van der Waals surface area (Å²) in [5.74, 6) is 0. The predicted octanol–water partition coefficient (Wildman–Crippen LogP) is 5.32. The van der Waals surface area contributed by atoms with Crippen molar-refractivity contribution in [3.8, 4) is 0 Å². The van der Waals surface area contributed by atoms with Crippen molar-refractivity contribution in [1.29, 1.82) is 0 Å². The Morgan fingerprint density at radius 3 is 1.76 bits per heavy atom. The third-order valence-corrected chi connectivity index (χ3v) is 5.04. The molecule has 2 N–H and O–H groups in total. The molecule has 1 heteroatoms. The van der Waals surface area contributed by atoms with Gasteiger partial charge in [0.1, 0.15) is 0 Å². The zero-order chi connectivity index (χ0) is 17.7. The second-order valence-corrected chi connectivity index (χ2v) is 6.87. The second kappa shape index (κ2) is 7.67. The minimum absolute atomic E-state index is 0.142. The first-order chi connectivity index (χ1) is 12.2. The summed E-state index contributed by atoms with van der Waals surface area (Å²) in [4.78, 5) is 0. The fourth-order valence-corrected chi connectivity index (χ4v) is 3.89. The van der Waals surface area contributed by atoms with E-state index < -0.39 is 0 Å². The summed E-state index contributed by atoms with van der Waals surface area (Å²) in [6.45, 7) is 4.34. The van der Waals surface area contributed by atoms with Gasteiger partial charge in [-0.1, -0.05) is 91.9 Å². The topological polar surface area (TPSA) is 26.0 Å². The normalized spacial score (nSPS) is 12.8. The van der Waals surface area contributed by atoms with E-state index in [9.17, 15) is 0 Å². The van der Waals surface area contributed by atoms with E-state index in [0.717, 1.165) is 12.8 Å². The Morgan fingerprint density at radius 2 is 1.28 bits per heavy atom. The van der Waals surface area contributed by atoms with E-state index in [1.54, 1.807) is 0 Å². The van der Waals surface area contributed by atoms with Crippen molar-refractivity contribution in [2.45, 2.75) is 38.1 Å². The number of rotatable bonds is 6. The van der Waals surface area contributed by atoms with Gasteiger partial charge in [0.2, 0.25) is 0 Å². The quantitative estimate of drug-likeness (QED) is 0.608. The lowest BCUT2D eigenvalue weighted by Crippen LogP contribution is -2.29. The van der Waals surface area contributed by atoms with E-state index >= 15 is 0 Å². The molecule has 0 saturated carbocycles. The molecule has 0 bridgehead atoms. The maximum Gasteiger partial charge on any atom is 0.0448 e. The first-order valence-corrected chi connectivity index (χ1v) is 9.13. The number of benzene rings is 3. The largest absolute Gasteiger partial charge is 0.328 e. The lowest BCUT2D eigenvalue weighted by atomic mass is 9.67. The Kier molecular flexibility index (Phi) is 5.35. The molecule has 0 heterocycles. The van der Waals surface area contributed by atoms with Crippen LogP contribution < -0.4 is 5.73 Å². The number of hydrogen-bond donors (Lipinski definition) is 1. The van der Waals surface area contributed by atoms with Crippen LogP contribution in [0.15, 0.2) is 84.9 Å². The molecule has 0 aliphatic carbocycles. The molecule has 0 aliphatic heterocycles. The summed E-state index contributed by atoms with van der Waals surface area (Å²) in [6.07, 6.45) is 1.90. The zero-order valence-electron chi connectivity index (χ0n) is 15.2. The smallest absolute Gasteiger partial charge is 0.0448 e. The molecule has 0 saturated heterocycles. The van der Waals surface area contributed by atoms with Gasteiger partial charge in [0.15, 0.2) is 0 Å². The van der Waals surface area contributed by atoms with Gasteiger partial charge < -0.3 is 5.73 Å².